The Morgan fingerprint density at radius 2 is 2.10 bits per heavy atom. The van der Waals surface area contributed by atoms with E-state index in [1.807, 2.05) is 30.5 Å². The average molecular weight is 425 g/mol. The van der Waals surface area contributed by atoms with Crippen LogP contribution in [0.3, 0.4) is 0 Å². The third-order valence-electron chi connectivity index (χ3n) is 5.16. The van der Waals surface area contributed by atoms with E-state index in [1.54, 1.807) is 13.1 Å². The summed E-state index contributed by atoms with van der Waals surface area (Å²) in [5.74, 6) is 1.07. The first-order valence-corrected chi connectivity index (χ1v) is 11.0. The van der Waals surface area contributed by atoms with Crippen LogP contribution in [0.5, 0.6) is 5.75 Å². The molecule has 1 aliphatic carbocycles. The number of hydrogen-bond donors (Lipinski definition) is 2. The minimum Gasteiger partial charge on any atom is -0.490 e. The Bertz CT molecular complexity index is 1090. The summed E-state index contributed by atoms with van der Waals surface area (Å²) in [6.07, 6.45) is 7.32. The average Bonchev–Trinajstić information content (AvgIpc) is 2.73. The van der Waals surface area contributed by atoms with E-state index in [0.29, 0.717) is 10.9 Å². The number of H-pyrrole nitrogens is 1. The fourth-order valence-corrected chi connectivity index (χ4v) is 4.46. The maximum Gasteiger partial charge on any atom is 0.251 e. The molecule has 0 unspecified atom stereocenters. The molecule has 2 heterocycles. The highest BCUT2D eigenvalue weighted by Gasteiger charge is 2.24. The number of pyridine rings is 1. The lowest BCUT2D eigenvalue weighted by atomic mass is 9.93. The van der Waals surface area contributed by atoms with Gasteiger partial charge >= 0.3 is 0 Å². The summed E-state index contributed by atoms with van der Waals surface area (Å²) in [6.45, 7) is 1.76. The van der Waals surface area contributed by atoms with Gasteiger partial charge < -0.3 is 15.0 Å². The van der Waals surface area contributed by atoms with Gasteiger partial charge in [0.05, 0.1) is 11.9 Å². The van der Waals surface area contributed by atoms with Crippen LogP contribution in [-0.2, 0) is 4.79 Å². The molecule has 0 aliphatic heterocycles. The molecule has 30 heavy (non-hydrogen) atoms. The summed E-state index contributed by atoms with van der Waals surface area (Å²) in [4.78, 5) is 34.8. The highest BCUT2D eigenvalue weighted by Crippen LogP contribution is 2.29. The van der Waals surface area contributed by atoms with Gasteiger partial charge in [0, 0.05) is 41.0 Å². The van der Waals surface area contributed by atoms with Crippen molar-refractivity contribution >= 4 is 28.4 Å². The van der Waals surface area contributed by atoms with Gasteiger partial charge in [-0.15, -0.1) is 0 Å². The van der Waals surface area contributed by atoms with Crippen molar-refractivity contribution in [2.45, 2.75) is 49.9 Å². The number of fused-ring (bicyclic) bond motifs is 1. The summed E-state index contributed by atoms with van der Waals surface area (Å²) in [5, 5.41) is 5.70. The Hall–Kier alpha value is -2.87. The Balaban J connectivity index is 1.25. The summed E-state index contributed by atoms with van der Waals surface area (Å²) < 4.78 is 6.26. The van der Waals surface area contributed by atoms with Gasteiger partial charge in [0.1, 0.15) is 5.75 Å². The number of hydrogen-bond acceptors (Lipinski definition) is 6. The van der Waals surface area contributed by atoms with Crippen LogP contribution >= 0.6 is 11.8 Å². The van der Waals surface area contributed by atoms with Crippen LogP contribution in [-0.4, -0.2) is 38.8 Å². The number of rotatable bonds is 6. The van der Waals surface area contributed by atoms with Crippen LogP contribution in [0.15, 0.2) is 52.7 Å². The summed E-state index contributed by atoms with van der Waals surface area (Å²) in [6, 6.07) is 9.57. The van der Waals surface area contributed by atoms with E-state index >= 15 is 0 Å². The molecule has 156 valence electrons. The molecule has 0 atom stereocenters. The number of aryl methyl sites for hydroxylation is 1. The van der Waals surface area contributed by atoms with Crippen LogP contribution < -0.4 is 15.6 Å². The summed E-state index contributed by atoms with van der Waals surface area (Å²) in [7, 11) is 0. The second-order valence-electron chi connectivity index (χ2n) is 7.49. The van der Waals surface area contributed by atoms with Crippen LogP contribution in [0.4, 0.5) is 0 Å². The Morgan fingerprint density at radius 1 is 1.27 bits per heavy atom. The molecule has 1 aromatic carbocycles. The molecule has 3 aromatic rings. The maximum absolute atomic E-state index is 12.3. The van der Waals surface area contributed by atoms with Crippen LogP contribution in [0.2, 0.25) is 0 Å². The standard InChI is InChI=1S/C22H24N4O3S/c1-14-11-20(27)26-22(24-14)30-13-21(28)25-16-5-7-17(8-6-16)29-19-4-2-3-15-12-23-10-9-18(15)19/h2-4,9-12,16-17H,5-8,13H2,1H3,(H,25,28)(H,24,26,27). The monoisotopic (exact) mass is 424 g/mol. The molecule has 0 radical (unpaired) electrons. The smallest absolute Gasteiger partial charge is 0.251 e. The number of thioether (sulfide) groups is 1. The fraction of sp³-hybridized carbons (Fsp3) is 0.364. The van der Waals surface area contributed by atoms with Gasteiger partial charge in [-0.25, -0.2) is 4.98 Å². The number of benzene rings is 1. The predicted octanol–water partition coefficient (Wildman–Crippen LogP) is 3.23. The highest BCUT2D eigenvalue weighted by atomic mass is 32.2. The van der Waals surface area contributed by atoms with E-state index in [0.717, 1.165) is 42.2 Å². The highest BCUT2D eigenvalue weighted by molar-refractivity contribution is 7.99. The van der Waals surface area contributed by atoms with E-state index < -0.39 is 0 Å². The molecule has 2 N–H and O–H groups in total. The zero-order valence-electron chi connectivity index (χ0n) is 16.8. The van der Waals surface area contributed by atoms with Crippen molar-refractivity contribution in [3.05, 3.63) is 58.8 Å². The molecule has 1 saturated carbocycles. The minimum absolute atomic E-state index is 0.0462. The predicted molar refractivity (Wildman–Crippen MR) is 117 cm³/mol. The van der Waals surface area contributed by atoms with Gasteiger partial charge in [0.25, 0.3) is 5.56 Å². The van der Waals surface area contributed by atoms with Gasteiger partial charge in [0.2, 0.25) is 5.91 Å². The lowest BCUT2D eigenvalue weighted by Gasteiger charge is -2.29. The normalized spacial score (nSPS) is 18.8. The third kappa shape index (κ3) is 5.18. The largest absolute Gasteiger partial charge is 0.490 e. The van der Waals surface area contributed by atoms with E-state index in [-0.39, 0.29) is 29.4 Å². The number of ether oxygens (including phenoxy) is 1. The fourth-order valence-electron chi connectivity index (χ4n) is 3.72. The number of carbonyl (C=O) groups is 1. The molecule has 8 heteroatoms. The summed E-state index contributed by atoms with van der Waals surface area (Å²) in [5.41, 5.74) is 0.439. The SMILES string of the molecule is Cc1cc(=O)[nH]c(SCC(=O)NC2CCC(Oc3cccc4cnccc34)CC2)n1. The van der Waals surface area contributed by atoms with Crippen molar-refractivity contribution in [2.24, 2.45) is 0 Å². The Kier molecular flexibility index (Phi) is 6.32. The maximum atomic E-state index is 12.3. The first-order valence-electron chi connectivity index (χ1n) is 10.1. The summed E-state index contributed by atoms with van der Waals surface area (Å²) >= 11 is 1.24. The van der Waals surface area contributed by atoms with Crippen molar-refractivity contribution in [1.29, 1.82) is 0 Å². The van der Waals surface area contributed by atoms with Gasteiger partial charge in [-0.1, -0.05) is 23.9 Å². The zero-order valence-corrected chi connectivity index (χ0v) is 17.6. The van der Waals surface area contributed by atoms with Crippen LogP contribution in [0.1, 0.15) is 31.4 Å². The van der Waals surface area contributed by atoms with Crippen molar-refractivity contribution in [3.8, 4) is 5.75 Å². The second kappa shape index (κ2) is 9.30. The van der Waals surface area contributed by atoms with Crippen molar-refractivity contribution < 1.29 is 9.53 Å². The van der Waals surface area contributed by atoms with E-state index in [1.165, 1.54) is 17.8 Å². The van der Waals surface area contributed by atoms with Gasteiger partial charge in [0.15, 0.2) is 5.16 Å². The molecule has 0 bridgehead atoms. The molecule has 0 spiro atoms. The van der Waals surface area contributed by atoms with E-state index in [4.69, 9.17) is 4.74 Å². The number of amides is 1. The van der Waals surface area contributed by atoms with E-state index in [9.17, 15) is 9.59 Å². The second-order valence-corrected chi connectivity index (χ2v) is 8.46. The molecule has 1 fully saturated rings. The Labute approximate surface area is 178 Å². The minimum atomic E-state index is -0.203. The van der Waals surface area contributed by atoms with Crippen molar-refractivity contribution in [1.82, 2.24) is 20.3 Å². The topological polar surface area (TPSA) is 97.0 Å². The van der Waals surface area contributed by atoms with Crippen molar-refractivity contribution in [2.75, 3.05) is 5.75 Å². The van der Waals surface area contributed by atoms with Crippen LogP contribution in [0.25, 0.3) is 10.8 Å². The lowest BCUT2D eigenvalue weighted by molar-refractivity contribution is -0.119. The molecular weight excluding hydrogens is 400 g/mol. The molecule has 1 aliphatic rings. The van der Waals surface area contributed by atoms with Crippen molar-refractivity contribution in [3.63, 3.8) is 0 Å². The molecular formula is C22H24N4O3S. The first kappa shape index (κ1) is 20.4. The van der Waals surface area contributed by atoms with Crippen LogP contribution in [0, 0.1) is 6.92 Å². The molecule has 2 aromatic heterocycles. The zero-order chi connectivity index (χ0) is 20.9. The number of nitrogens with zero attached hydrogens (tertiary/aromatic N) is 2. The lowest BCUT2D eigenvalue weighted by Crippen LogP contribution is -2.40. The first-order chi connectivity index (χ1) is 14.6. The number of nitrogens with one attached hydrogen (secondary N) is 2. The molecule has 4 rings (SSSR count). The number of aromatic amines is 1. The number of aromatic nitrogens is 3. The third-order valence-corrected chi connectivity index (χ3v) is 6.03. The number of carbonyl (C=O) groups excluding carboxylic acids is 1. The van der Waals surface area contributed by atoms with Gasteiger partial charge in [-0.2, -0.15) is 0 Å². The van der Waals surface area contributed by atoms with E-state index in [2.05, 4.69) is 20.3 Å². The quantitative estimate of drug-likeness (QED) is 0.466. The Morgan fingerprint density at radius 3 is 2.90 bits per heavy atom. The molecule has 7 nitrogen and oxygen atoms in total. The van der Waals surface area contributed by atoms with Gasteiger partial charge in [-0.05, 0) is 44.7 Å². The van der Waals surface area contributed by atoms with Gasteiger partial charge in [-0.3, -0.25) is 14.6 Å². The molecule has 1 amide bonds. The molecule has 0 saturated heterocycles.